The summed E-state index contributed by atoms with van der Waals surface area (Å²) in [6.07, 6.45) is 0. The van der Waals surface area contributed by atoms with Crippen molar-refractivity contribution in [3.8, 4) is 11.1 Å². The maximum Gasteiger partial charge on any atom is 0.0714 e. The van der Waals surface area contributed by atoms with Gasteiger partial charge in [-0.3, -0.25) is 0 Å². The van der Waals surface area contributed by atoms with E-state index in [0.29, 0.717) is 0 Å². The van der Waals surface area contributed by atoms with E-state index < -0.39 is 0 Å². The number of hydrogen-bond donors (Lipinski definition) is 0. The molecule has 0 aliphatic heterocycles. The van der Waals surface area contributed by atoms with Crippen LogP contribution in [0.25, 0.3) is 11.1 Å². The van der Waals surface area contributed by atoms with Crippen molar-refractivity contribution in [1.29, 1.82) is 0 Å². The van der Waals surface area contributed by atoms with Crippen LogP contribution in [-0.4, -0.2) is 0 Å². The van der Waals surface area contributed by atoms with Gasteiger partial charge in [0.2, 0.25) is 0 Å². The van der Waals surface area contributed by atoms with Crippen LogP contribution in [0.3, 0.4) is 0 Å². The SMILES string of the molecule is Cc1cccc(C2(c3cc(C)cc(Br)c3)c3ccccc3-c3ccccc32)c1. The third kappa shape index (κ3) is 2.43. The first kappa shape index (κ1) is 17.5. The molecule has 0 unspecified atom stereocenters. The highest BCUT2D eigenvalue weighted by molar-refractivity contribution is 9.10. The van der Waals surface area contributed by atoms with Gasteiger partial charge in [-0.25, -0.2) is 0 Å². The van der Waals surface area contributed by atoms with E-state index in [1.54, 1.807) is 0 Å². The van der Waals surface area contributed by atoms with Gasteiger partial charge in [0.1, 0.15) is 0 Å². The van der Waals surface area contributed by atoms with Crippen LogP contribution in [0.1, 0.15) is 33.4 Å². The molecular formula is C27H21Br. The van der Waals surface area contributed by atoms with E-state index >= 15 is 0 Å². The Morgan fingerprint density at radius 3 is 1.79 bits per heavy atom. The molecule has 0 aromatic heterocycles. The maximum atomic E-state index is 3.75. The topological polar surface area (TPSA) is 0 Å². The Bertz CT molecular complexity index is 1140. The van der Waals surface area contributed by atoms with Crippen molar-refractivity contribution < 1.29 is 0 Å². The average Bonchev–Trinajstić information content (AvgIpc) is 2.99. The monoisotopic (exact) mass is 424 g/mol. The van der Waals surface area contributed by atoms with Gasteiger partial charge in [-0.1, -0.05) is 100 Å². The van der Waals surface area contributed by atoms with E-state index in [1.165, 1.54) is 44.5 Å². The zero-order chi connectivity index (χ0) is 19.3. The minimum Gasteiger partial charge on any atom is -0.0619 e. The first-order chi connectivity index (χ1) is 13.6. The molecular weight excluding hydrogens is 404 g/mol. The summed E-state index contributed by atoms with van der Waals surface area (Å²) in [4.78, 5) is 0. The van der Waals surface area contributed by atoms with Crippen LogP contribution in [-0.2, 0) is 5.41 Å². The van der Waals surface area contributed by atoms with Crippen molar-refractivity contribution in [1.82, 2.24) is 0 Å². The summed E-state index contributed by atoms with van der Waals surface area (Å²) in [7, 11) is 0. The number of rotatable bonds is 2. The Morgan fingerprint density at radius 2 is 1.18 bits per heavy atom. The molecule has 136 valence electrons. The number of fused-ring (bicyclic) bond motifs is 3. The lowest BCUT2D eigenvalue weighted by Gasteiger charge is -2.34. The molecule has 0 radical (unpaired) electrons. The fourth-order valence-electron chi connectivity index (χ4n) is 4.85. The van der Waals surface area contributed by atoms with Gasteiger partial charge >= 0.3 is 0 Å². The zero-order valence-electron chi connectivity index (χ0n) is 16.0. The molecule has 0 bridgehead atoms. The van der Waals surface area contributed by atoms with Crippen molar-refractivity contribution in [2.75, 3.05) is 0 Å². The predicted molar refractivity (Wildman–Crippen MR) is 121 cm³/mol. The fraction of sp³-hybridized carbons (Fsp3) is 0.111. The first-order valence-corrected chi connectivity index (χ1v) is 10.4. The van der Waals surface area contributed by atoms with E-state index in [9.17, 15) is 0 Å². The molecule has 4 aromatic rings. The van der Waals surface area contributed by atoms with Crippen LogP contribution < -0.4 is 0 Å². The van der Waals surface area contributed by atoms with E-state index in [-0.39, 0.29) is 5.41 Å². The molecule has 0 N–H and O–H groups in total. The summed E-state index contributed by atoms with van der Waals surface area (Å²) in [5.41, 5.74) is 10.2. The minimum atomic E-state index is -0.312. The summed E-state index contributed by atoms with van der Waals surface area (Å²) in [6, 6.07) is 33.5. The Kier molecular flexibility index (Phi) is 4.03. The Hall–Kier alpha value is -2.64. The van der Waals surface area contributed by atoms with Crippen LogP contribution in [0, 0.1) is 13.8 Å². The molecule has 0 saturated carbocycles. The molecule has 28 heavy (non-hydrogen) atoms. The molecule has 0 amide bonds. The van der Waals surface area contributed by atoms with Gasteiger partial charge in [0, 0.05) is 4.47 Å². The summed E-state index contributed by atoms with van der Waals surface area (Å²) in [5, 5.41) is 0. The molecule has 1 aliphatic carbocycles. The van der Waals surface area contributed by atoms with Gasteiger partial charge < -0.3 is 0 Å². The number of benzene rings is 4. The van der Waals surface area contributed by atoms with Crippen molar-refractivity contribution in [3.05, 3.63) is 129 Å². The smallest absolute Gasteiger partial charge is 0.0619 e. The standard InChI is InChI=1S/C27H21Br/c1-18-8-7-9-20(14-18)27(21-15-19(2)16-22(28)17-21)25-12-5-3-10-23(25)24-11-4-6-13-26(24)27/h3-17H,1-2H3. The largest absolute Gasteiger partial charge is 0.0714 e. The quantitative estimate of drug-likeness (QED) is 0.276. The van der Waals surface area contributed by atoms with E-state index in [0.717, 1.165) is 4.47 Å². The molecule has 0 spiro atoms. The van der Waals surface area contributed by atoms with Crippen molar-refractivity contribution in [2.24, 2.45) is 0 Å². The number of halogens is 1. The second-order valence-electron chi connectivity index (χ2n) is 7.73. The lowest BCUT2D eigenvalue weighted by molar-refractivity contribution is 0.765. The van der Waals surface area contributed by atoms with Gasteiger partial charge in [0.05, 0.1) is 5.41 Å². The highest BCUT2D eigenvalue weighted by Gasteiger charge is 2.46. The first-order valence-electron chi connectivity index (χ1n) is 9.65. The van der Waals surface area contributed by atoms with Crippen molar-refractivity contribution >= 4 is 15.9 Å². The molecule has 0 saturated heterocycles. The highest BCUT2D eigenvalue weighted by atomic mass is 79.9. The molecule has 1 heteroatoms. The lowest BCUT2D eigenvalue weighted by Crippen LogP contribution is -2.28. The van der Waals surface area contributed by atoms with Gasteiger partial charge in [0.25, 0.3) is 0 Å². The van der Waals surface area contributed by atoms with Crippen LogP contribution in [0.15, 0.2) is 95.5 Å². The molecule has 1 aliphatic rings. The average molecular weight is 425 g/mol. The van der Waals surface area contributed by atoms with Crippen LogP contribution in [0.4, 0.5) is 0 Å². The van der Waals surface area contributed by atoms with Gasteiger partial charge in [-0.15, -0.1) is 0 Å². The summed E-state index contributed by atoms with van der Waals surface area (Å²) in [6.45, 7) is 4.35. The molecule has 0 nitrogen and oxygen atoms in total. The van der Waals surface area contributed by atoms with Crippen molar-refractivity contribution in [3.63, 3.8) is 0 Å². The molecule has 0 heterocycles. The number of aryl methyl sites for hydroxylation is 2. The van der Waals surface area contributed by atoms with Crippen molar-refractivity contribution in [2.45, 2.75) is 19.3 Å². The normalized spacial score (nSPS) is 13.8. The maximum absolute atomic E-state index is 3.75. The van der Waals surface area contributed by atoms with E-state index in [1.807, 2.05) is 0 Å². The second-order valence-corrected chi connectivity index (χ2v) is 8.64. The minimum absolute atomic E-state index is 0.312. The summed E-state index contributed by atoms with van der Waals surface area (Å²) in [5.74, 6) is 0. The molecule has 4 aromatic carbocycles. The Labute approximate surface area is 175 Å². The Balaban J connectivity index is 1.99. The molecule has 5 rings (SSSR count). The highest BCUT2D eigenvalue weighted by Crippen LogP contribution is 2.56. The molecule has 0 fully saturated rings. The van der Waals surface area contributed by atoms with E-state index in [4.69, 9.17) is 0 Å². The lowest BCUT2D eigenvalue weighted by atomic mass is 9.67. The third-order valence-corrected chi connectivity index (χ3v) is 6.34. The van der Waals surface area contributed by atoms with Gasteiger partial charge in [-0.2, -0.15) is 0 Å². The van der Waals surface area contributed by atoms with E-state index in [2.05, 4.69) is 121 Å². The van der Waals surface area contributed by atoms with Crippen LogP contribution >= 0.6 is 15.9 Å². The predicted octanol–water partition coefficient (Wildman–Crippen LogP) is 7.43. The van der Waals surface area contributed by atoms with Crippen LogP contribution in [0.5, 0.6) is 0 Å². The summed E-state index contributed by atoms with van der Waals surface area (Å²) >= 11 is 3.75. The van der Waals surface area contributed by atoms with Gasteiger partial charge in [-0.05, 0) is 64.9 Å². The molecule has 0 atom stereocenters. The summed E-state index contributed by atoms with van der Waals surface area (Å²) < 4.78 is 1.12. The third-order valence-electron chi connectivity index (χ3n) is 5.88. The Morgan fingerprint density at radius 1 is 0.571 bits per heavy atom. The van der Waals surface area contributed by atoms with Crippen LogP contribution in [0.2, 0.25) is 0 Å². The van der Waals surface area contributed by atoms with Gasteiger partial charge in [0.15, 0.2) is 0 Å². The fourth-order valence-corrected chi connectivity index (χ4v) is 5.46. The zero-order valence-corrected chi connectivity index (χ0v) is 17.6. The second kappa shape index (κ2) is 6.46. The number of hydrogen-bond acceptors (Lipinski definition) is 0.